The number of nitrogens with zero attached hydrogens (tertiary/aromatic N) is 2. The van der Waals surface area contributed by atoms with Gasteiger partial charge in [0.1, 0.15) is 16.5 Å². The lowest BCUT2D eigenvalue weighted by Crippen LogP contribution is -1.99. The molecule has 0 radical (unpaired) electrons. The molecule has 17 heavy (non-hydrogen) atoms. The van der Waals surface area contributed by atoms with Crippen LogP contribution in [0.25, 0.3) is 11.4 Å². The number of carboxylic acids is 1. The summed E-state index contributed by atoms with van der Waals surface area (Å²) >= 11 is 1.32. The van der Waals surface area contributed by atoms with Gasteiger partial charge in [0.25, 0.3) is 0 Å². The van der Waals surface area contributed by atoms with Crippen molar-refractivity contribution in [1.29, 1.82) is 0 Å². The molecular formula is C11H9FN2O2S. The van der Waals surface area contributed by atoms with Crippen molar-refractivity contribution in [3.8, 4) is 11.4 Å². The molecule has 0 amide bonds. The van der Waals surface area contributed by atoms with E-state index in [1.165, 1.54) is 23.5 Å². The summed E-state index contributed by atoms with van der Waals surface area (Å²) in [4.78, 5) is 19.6. The van der Waals surface area contributed by atoms with Crippen LogP contribution in [0.15, 0.2) is 18.3 Å². The average molecular weight is 252 g/mol. The zero-order valence-electron chi connectivity index (χ0n) is 8.98. The topological polar surface area (TPSA) is 63.1 Å². The van der Waals surface area contributed by atoms with Crippen LogP contribution in [0.3, 0.4) is 0 Å². The number of carboxylic acid groups (broad SMARTS) is 1. The highest BCUT2D eigenvalue weighted by atomic mass is 32.1. The first-order valence-electron chi connectivity index (χ1n) is 4.86. The quantitative estimate of drug-likeness (QED) is 0.910. The Balaban J connectivity index is 2.35. The number of aryl methyl sites for hydroxylation is 1. The maximum atomic E-state index is 12.7. The minimum atomic E-state index is -0.919. The third-order valence-electron chi connectivity index (χ3n) is 2.11. The van der Waals surface area contributed by atoms with Crippen molar-refractivity contribution >= 4 is 17.3 Å². The minimum Gasteiger partial charge on any atom is -0.481 e. The van der Waals surface area contributed by atoms with Gasteiger partial charge in [-0.2, -0.15) is 0 Å². The SMILES string of the molecule is Cc1sc(CC(=O)O)nc1-c1ccc(F)cn1. The number of thiazole rings is 1. The smallest absolute Gasteiger partial charge is 0.310 e. The molecule has 2 heterocycles. The van der Waals surface area contributed by atoms with E-state index < -0.39 is 11.8 Å². The van der Waals surface area contributed by atoms with Crippen LogP contribution in [0, 0.1) is 12.7 Å². The van der Waals surface area contributed by atoms with Gasteiger partial charge in [-0.25, -0.2) is 9.37 Å². The van der Waals surface area contributed by atoms with E-state index in [-0.39, 0.29) is 6.42 Å². The Hall–Kier alpha value is -1.82. The molecule has 6 heteroatoms. The molecule has 0 bridgehead atoms. The van der Waals surface area contributed by atoms with E-state index in [4.69, 9.17) is 5.11 Å². The van der Waals surface area contributed by atoms with Gasteiger partial charge < -0.3 is 5.11 Å². The molecule has 0 aliphatic heterocycles. The summed E-state index contributed by atoms with van der Waals surface area (Å²) in [5.41, 5.74) is 1.17. The molecule has 0 aliphatic rings. The van der Waals surface area contributed by atoms with Crippen molar-refractivity contribution in [3.05, 3.63) is 34.0 Å². The lowest BCUT2D eigenvalue weighted by molar-refractivity contribution is -0.136. The van der Waals surface area contributed by atoms with Crippen molar-refractivity contribution in [2.75, 3.05) is 0 Å². The molecule has 0 saturated carbocycles. The average Bonchev–Trinajstić information content (AvgIpc) is 2.59. The Kier molecular flexibility index (Phi) is 3.14. The second-order valence-electron chi connectivity index (χ2n) is 3.44. The number of rotatable bonds is 3. The second-order valence-corrected chi connectivity index (χ2v) is 4.73. The summed E-state index contributed by atoms with van der Waals surface area (Å²) in [5, 5.41) is 9.20. The molecule has 2 aromatic heterocycles. The molecule has 1 N–H and O–H groups in total. The highest BCUT2D eigenvalue weighted by Gasteiger charge is 2.12. The van der Waals surface area contributed by atoms with Gasteiger partial charge in [-0.3, -0.25) is 9.78 Å². The van der Waals surface area contributed by atoms with E-state index in [0.717, 1.165) is 11.1 Å². The van der Waals surface area contributed by atoms with Crippen molar-refractivity contribution < 1.29 is 14.3 Å². The van der Waals surface area contributed by atoms with Gasteiger partial charge in [0, 0.05) is 4.88 Å². The zero-order chi connectivity index (χ0) is 12.4. The number of hydrogen-bond donors (Lipinski definition) is 1. The lowest BCUT2D eigenvalue weighted by Gasteiger charge is -1.96. The van der Waals surface area contributed by atoms with Gasteiger partial charge in [0.15, 0.2) is 0 Å². The van der Waals surface area contributed by atoms with E-state index in [1.807, 2.05) is 6.92 Å². The molecule has 2 aromatic rings. The molecule has 0 atom stereocenters. The normalized spacial score (nSPS) is 10.5. The van der Waals surface area contributed by atoms with Crippen LogP contribution < -0.4 is 0 Å². The zero-order valence-corrected chi connectivity index (χ0v) is 9.79. The Bertz CT molecular complexity index is 551. The Morgan fingerprint density at radius 2 is 2.29 bits per heavy atom. The van der Waals surface area contributed by atoms with Crippen molar-refractivity contribution in [2.45, 2.75) is 13.3 Å². The van der Waals surface area contributed by atoms with E-state index >= 15 is 0 Å². The van der Waals surface area contributed by atoms with E-state index in [1.54, 1.807) is 0 Å². The van der Waals surface area contributed by atoms with Crippen LogP contribution in [-0.4, -0.2) is 21.0 Å². The fraction of sp³-hybridized carbons (Fsp3) is 0.182. The van der Waals surface area contributed by atoms with Crippen molar-refractivity contribution in [3.63, 3.8) is 0 Å². The highest BCUT2D eigenvalue weighted by Crippen LogP contribution is 2.26. The number of hydrogen-bond acceptors (Lipinski definition) is 4. The number of carbonyl (C=O) groups is 1. The van der Waals surface area contributed by atoms with E-state index in [0.29, 0.717) is 16.4 Å². The monoisotopic (exact) mass is 252 g/mol. The predicted molar refractivity (Wildman–Crippen MR) is 61.4 cm³/mol. The lowest BCUT2D eigenvalue weighted by atomic mass is 10.2. The van der Waals surface area contributed by atoms with Gasteiger partial charge in [-0.15, -0.1) is 11.3 Å². The summed E-state index contributed by atoms with van der Waals surface area (Å²) in [5.74, 6) is -1.33. The Morgan fingerprint density at radius 3 is 2.88 bits per heavy atom. The van der Waals surface area contributed by atoms with Crippen LogP contribution in [0.2, 0.25) is 0 Å². The Labute approximate surface area is 101 Å². The van der Waals surface area contributed by atoms with Crippen molar-refractivity contribution in [1.82, 2.24) is 9.97 Å². The highest BCUT2D eigenvalue weighted by molar-refractivity contribution is 7.12. The number of aromatic nitrogens is 2. The molecule has 0 spiro atoms. The minimum absolute atomic E-state index is 0.104. The molecular weight excluding hydrogens is 243 g/mol. The maximum absolute atomic E-state index is 12.7. The fourth-order valence-electron chi connectivity index (χ4n) is 1.41. The number of aliphatic carboxylic acids is 1. The third kappa shape index (κ3) is 2.65. The molecule has 0 aliphatic carbocycles. The Morgan fingerprint density at radius 1 is 1.53 bits per heavy atom. The summed E-state index contributed by atoms with van der Waals surface area (Å²) in [7, 11) is 0. The largest absolute Gasteiger partial charge is 0.481 e. The van der Waals surface area contributed by atoms with Gasteiger partial charge in [0.2, 0.25) is 0 Å². The molecule has 2 rings (SSSR count). The van der Waals surface area contributed by atoms with Gasteiger partial charge in [0.05, 0.1) is 18.3 Å². The molecule has 4 nitrogen and oxygen atoms in total. The third-order valence-corrected chi connectivity index (χ3v) is 3.08. The van der Waals surface area contributed by atoms with Crippen LogP contribution >= 0.6 is 11.3 Å². The fourth-order valence-corrected chi connectivity index (χ4v) is 2.34. The van der Waals surface area contributed by atoms with Crippen LogP contribution in [0.1, 0.15) is 9.88 Å². The first-order valence-corrected chi connectivity index (χ1v) is 5.68. The predicted octanol–water partition coefficient (Wildman–Crippen LogP) is 2.28. The van der Waals surface area contributed by atoms with Crippen molar-refractivity contribution in [2.24, 2.45) is 0 Å². The second kappa shape index (κ2) is 4.58. The van der Waals surface area contributed by atoms with Crippen LogP contribution in [0.4, 0.5) is 4.39 Å². The first kappa shape index (κ1) is 11.7. The van der Waals surface area contributed by atoms with Gasteiger partial charge in [-0.1, -0.05) is 0 Å². The van der Waals surface area contributed by atoms with Gasteiger partial charge >= 0.3 is 5.97 Å². The molecule has 0 aromatic carbocycles. The molecule has 0 unspecified atom stereocenters. The van der Waals surface area contributed by atoms with E-state index in [9.17, 15) is 9.18 Å². The van der Waals surface area contributed by atoms with Crippen LogP contribution in [-0.2, 0) is 11.2 Å². The van der Waals surface area contributed by atoms with Crippen LogP contribution in [0.5, 0.6) is 0 Å². The standard InChI is InChI=1S/C11H9FN2O2S/c1-6-11(8-3-2-7(12)5-13-8)14-9(17-6)4-10(15)16/h2-3,5H,4H2,1H3,(H,15,16). The summed E-state index contributed by atoms with van der Waals surface area (Å²) in [6.45, 7) is 1.84. The first-order chi connectivity index (χ1) is 8.06. The maximum Gasteiger partial charge on any atom is 0.310 e. The summed E-state index contributed by atoms with van der Waals surface area (Å²) in [6.07, 6.45) is 1.01. The number of pyridine rings is 1. The molecule has 0 saturated heterocycles. The molecule has 0 fully saturated rings. The summed E-state index contributed by atoms with van der Waals surface area (Å²) in [6, 6.07) is 2.83. The molecule has 88 valence electrons. The van der Waals surface area contributed by atoms with Gasteiger partial charge in [-0.05, 0) is 19.1 Å². The number of halogens is 1. The summed E-state index contributed by atoms with van der Waals surface area (Å²) < 4.78 is 12.7. The van der Waals surface area contributed by atoms with E-state index in [2.05, 4.69) is 9.97 Å².